The molecule has 5 rings (SSSR count). The van der Waals surface area contributed by atoms with Crippen molar-refractivity contribution in [1.82, 2.24) is 20.0 Å². The van der Waals surface area contributed by atoms with Gasteiger partial charge in [-0.1, -0.05) is 18.2 Å². The maximum Gasteiger partial charge on any atom is 0.239 e. The second-order valence-electron chi connectivity index (χ2n) is 8.72. The number of likely N-dealkylation sites (tertiary alicyclic amines) is 1. The highest BCUT2D eigenvalue weighted by Gasteiger charge is 2.45. The van der Waals surface area contributed by atoms with E-state index in [9.17, 15) is 4.79 Å². The molecule has 1 aromatic carbocycles. The number of carbonyl (C=O) groups excluding carboxylic acids is 1. The van der Waals surface area contributed by atoms with Crippen LogP contribution >= 0.6 is 0 Å². The molecule has 0 saturated carbocycles. The van der Waals surface area contributed by atoms with Crippen LogP contribution < -0.4 is 5.32 Å². The first-order valence-corrected chi connectivity index (χ1v) is 11.0. The van der Waals surface area contributed by atoms with Gasteiger partial charge in [0.2, 0.25) is 5.91 Å². The molecule has 160 valence electrons. The summed E-state index contributed by atoms with van der Waals surface area (Å²) in [4.78, 5) is 15.0. The second-order valence-corrected chi connectivity index (χ2v) is 8.72. The van der Waals surface area contributed by atoms with Crippen LogP contribution in [0.15, 0.2) is 36.5 Å². The van der Waals surface area contributed by atoms with Crippen LogP contribution in [0.25, 0.3) is 5.69 Å². The van der Waals surface area contributed by atoms with Crippen molar-refractivity contribution in [3.05, 3.63) is 47.8 Å². The molecule has 2 aromatic rings. The lowest BCUT2D eigenvalue weighted by Gasteiger charge is -2.43. The minimum Gasteiger partial charge on any atom is -0.384 e. The van der Waals surface area contributed by atoms with Gasteiger partial charge in [-0.05, 0) is 49.3 Å². The van der Waals surface area contributed by atoms with E-state index in [1.807, 2.05) is 27.8 Å². The van der Waals surface area contributed by atoms with Crippen LogP contribution in [0.2, 0.25) is 0 Å². The Morgan fingerprint density at radius 3 is 2.87 bits per heavy atom. The van der Waals surface area contributed by atoms with E-state index in [4.69, 9.17) is 14.6 Å². The third-order valence-electron chi connectivity index (χ3n) is 6.80. The predicted molar refractivity (Wildman–Crippen MR) is 112 cm³/mol. The van der Waals surface area contributed by atoms with Crippen LogP contribution in [0.3, 0.4) is 0 Å². The fraction of sp³-hybridized carbons (Fsp3) is 0.565. The highest BCUT2D eigenvalue weighted by atomic mass is 16.5. The summed E-state index contributed by atoms with van der Waals surface area (Å²) in [7, 11) is 1.72. The van der Waals surface area contributed by atoms with Gasteiger partial charge in [-0.2, -0.15) is 5.10 Å². The van der Waals surface area contributed by atoms with Gasteiger partial charge in [-0.3, -0.25) is 4.79 Å². The third kappa shape index (κ3) is 3.55. The molecule has 0 radical (unpaired) electrons. The SMILES string of the molecule is COC[C@@H]1CN[C@H](C(=O)N2CCC3(CC2)OCCc2cn(-c4ccccc4)nc23)C1. The van der Waals surface area contributed by atoms with Crippen LogP contribution in [-0.2, 0) is 26.3 Å². The van der Waals surface area contributed by atoms with E-state index in [-0.39, 0.29) is 17.6 Å². The summed E-state index contributed by atoms with van der Waals surface area (Å²) in [6.07, 6.45) is 5.48. The number of fused-ring (bicyclic) bond motifs is 2. The van der Waals surface area contributed by atoms with Crippen molar-refractivity contribution < 1.29 is 14.3 Å². The maximum absolute atomic E-state index is 13.0. The molecule has 2 atom stereocenters. The molecule has 0 aliphatic carbocycles. The van der Waals surface area contributed by atoms with E-state index in [1.54, 1.807) is 7.11 Å². The number of rotatable bonds is 4. The predicted octanol–water partition coefficient (Wildman–Crippen LogP) is 1.89. The van der Waals surface area contributed by atoms with Gasteiger partial charge in [0.05, 0.1) is 30.6 Å². The molecule has 3 aliphatic rings. The molecule has 1 spiro atoms. The van der Waals surface area contributed by atoms with Crippen molar-refractivity contribution in [3.63, 3.8) is 0 Å². The highest BCUT2D eigenvalue weighted by molar-refractivity contribution is 5.82. The number of methoxy groups -OCH3 is 1. The largest absolute Gasteiger partial charge is 0.384 e. The monoisotopic (exact) mass is 410 g/mol. The number of nitrogens with one attached hydrogen (secondary N) is 1. The van der Waals surface area contributed by atoms with Crippen molar-refractivity contribution >= 4 is 5.91 Å². The lowest BCUT2D eigenvalue weighted by molar-refractivity contribution is -0.143. The second kappa shape index (κ2) is 8.13. The standard InChI is InChI=1S/C23H30N4O3/c1-29-16-17-13-20(24-14-17)22(28)26-10-8-23(9-11-26)21-18(7-12-30-23)15-27(25-21)19-5-3-2-4-6-19/h2-6,15,17,20,24H,7-14,16H2,1H3/t17-,20-/m0/s1. The van der Waals surface area contributed by atoms with Crippen LogP contribution in [0.1, 0.15) is 30.5 Å². The number of piperidine rings is 1. The number of aromatic nitrogens is 2. The zero-order valence-corrected chi connectivity index (χ0v) is 17.5. The Balaban J connectivity index is 1.29. The molecule has 0 unspecified atom stereocenters. The first kappa shape index (κ1) is 19.7. The van der Waals surface area contributed by atoms with Crippen molar-refractivity contribution in [2.24, 2.45) is 5.92 Å². The molecule has 1 N–H and O–H groups in total. The van der Waals surface area contributed by atoms with E-state index in [0.29, 0.717) is 32.2 Å². The number of hydrogen-bond acceptors (Lipinski definition) is 5. The molecule has 1 aromatic heterocycles. The molecule has 30 heavy (non-hydrogen) atoms. The molecule has 3 aliphatic heterocycles. The smallest absolute Gasteiger partial charge is 0.239 e. The summed E-state index contributed by atoms with van der Waals surface area (Å²) in [6, 6.07) is 10.1. The number of benzene rings is 1. The van der Waals surface area contributed by atoms with E-state index >= 15 is 0 Å². The van der Waals surface area contributed by atoms with Gasteiger partial charge < -0.3 is 19.7 Å². The van der Waals surface area contributed by atoms with Gasteiger partial charge in [-0.25, -0.2) is 4.68 Å². The van der Waals surface area contributed by atoms with Gasteiger partial charge in [0.1, 0.15) is 5.60 Å². The van der Waals surface area contributed by atoms with Gasteiger partial charge >= 0.3 is 0 Å². The summed E-state index contributed by atoms with van der Waals surface area (Å²) in [5.74, 6) is 0.639. The highest BCUT2D eigenvalue weighted by Crippen LogP contribution is 2.41. The number of ether oxygens (including phenoxy) is 2. The minimum atomic E-state index is -0.369. The van der Waals surface area contributed by atoms with Crippen molar-refractivity contribution in [3.8, 4) is 5.69 Å². The Kier molecular flexibility index (Phi) is 5.35. The quantitative estimate of drug-likeness (QED) is 0.834. The number of carbonyl (C=O) groups is 1. The van der Waals surface area contributed by atoms with E-state index in [1.165, 1.54) is 5.56 Å². The summed E-state index contributed by atoms with van der Waals surface area (Å²) < 4.78 is 13.6. The maximum atomic E-state index is 13.0. The van der Waals surface area contributed by atoms with Crippen LogP contribution in [0.5, 0.6) is 0 Å². The first-order chi connectivity index (χ1) is 14.7. The van der Waals surface area contributed by atoms with Crippen LogP contribution in [-0.4, -0.2) is 66.6 Å². The molecule has 0 bridgehead atoms. The molecular weight excluding hydrogens is 380 g/mol. The normalized spacial score (nSPS) is 25.4. The van der Waals surface area contributed by atoms with E-state index in [2.05, 4.69) is 23.6 Å². The lowest BCUT2D eigenvalue weighted by atomic mass is 9.83. The Morgan fingerprint density at radius 1 is 1.30 bits per heavy atom. The fourth-order valence-electron chi connectivity index (χ4n) is 5.16. The van der Waals surface area contributed by atoms with Crippen LogP contribution in [0, 0.1) is 5.92 Å². The van der Waals surface area contributed by atoms with Crippen molar-refractivity contribution in [2.75, 3.05) is 40.0 Å². The molecule has 7 nitrogen and oxygen atoms in total. The average molecular weight is 411 g/mol. The number of amides is 1. The lowest BCUT2D eigenvalue weighted by Crippen LogP contribution is -2.52. The van der Waals surface area contributed by atoms with Gasteiger partial charge in [0.25, 0.3) is 0 Å². The Labute approximate surface area is 177 Å². The van der Waals surface area contributed by atoms with Crippen LogP contribution in [0.4, 0.5) is 0 Å². The Morgan fingerprint density at radius 2 is 2.10 bits per heavy atom. The number of nitrogens with zero attached hydrogens (tertiary/aromatic N) is 3. The van der Waals surface area contributed by atoms with Gasteiger partial charge in [0, 0.05) is 32.9 Å². The van der Waals surface area contributed by atoms with Gasteiger partial charge in [-0.15, -0.1) is 0 Å². The van der Waals surface area contributed by atoms with Crippen molar-refractivity contribution in [1.29, 1.82) is 0 Å². The summed E-state index contributed by atoms with van der Waals surface area (Å²) in [5.41, 5.74) is 3.02. The average Bonchev–Trinajstić information content (AvgIpc) is 3.43. The molecular formula is C23H30N4O3. The van der Waals surface area contributed by atoms with Crippen molar-refractivity contribution in [2.45, 2.75) is 37.3 Å². The van der Waals surface area contributed by atoms with E-state index < -0.39 is 0 Å². The zero-order valence-electron chi connectivity index (χ0n) is 17.5. The molecule has 2 fully saturated rings. The Bertz CT molecular complexity index is 889. The third-order valence-corrected chi connectivity index (χ3v) is 6.80. The summed E-state index contributed by atoms with van der Waals surface area (Å²) in [5, 5.41) is 8.32. The zero-order chi connectivity index (χ0) is 20.6. The van der Waals surface area contributed by atoms with Gasteiger partial charge in [0.15, 0.2) is 0 Å². The van der Waals surface area contributed by atoms with E-state index in [0.717, 1.165) is 43.6 Å². The summed E-state index contributed by atoms with van der Waals surface area (Å²) in [6.45, 7) is 3.70. The molecule has 4 heterocycles. The molecule has 2 saturated heterocycles. The number of para-hydroxylation sites is 1. The summed E-state index contributed by atoms with van der Waals surface area (Å²) >= 11 is 0. The molecule has 1 amide bonds. The first-order valence-electron chi connectivity index (χ1n) is 11.0. The minimum absolute atomic E-state index is 0.0840. The Hall–Kier alpha value is -2.22. The molecule has 7 heteroatoms. The number of hydrogen-bond donors (Lipinski definition) is 1. The topological polar surface area (TPSA) is 68.6 Å². The fourth-order valence-corrected chi connectivity index (χ4v) is 5.16.